The van der Waals surface area contributed by atoms with E-state index in [1.807, 2.05) is 0 Å². The van der Waals surface area contributed by atoms with E-state index in [4.69, 9.17) is 4.74 Å². The van der Waals surface area contributed by atoms with Crippen LogP contribution in [0.2, 0.25) is 0 Å². The number of rotatable bonds is 6. The monoisotopic (exact) mass is 387 g/mol. The lowest BCUT2D eigenvalue weighted by Crippen LogP contribution is -2.46. The van der Waals surface area contributed by atoms with Crippen molar-refractivity contribution < 1.29 is 37.3 Å². The summed E-state index contributed by atoms with van der Waals surface area (Å²) >= 11 is 0. The highest BCUT2D eigenvalue weighted by Gasteiger charge is 2.47. The maximum atomic E-state index is 12.5. The molecule has 1 saturated heterocycles. The molecule has 2 aliphatic rings. The van der Waals surface area contributed by atoms with E-state index >= 15 is 0 Å². The number of carbonyl (C=O) groups excluding carboxylic acids is 1. The van der Waals surface area contributed by atoms with E-state index in [1.165, 1.54) is 18.2 Å². The Balaban J connectivity index is 1.62. The molecule has 0 bridgehead atoms. The van der Waals surface area contributed by atoms with Gasteiger partial charge in [-0.1, -0.05) is 18.2 Å². The predicted molar refractivity (Wildman–Crippen MR) is 87.1 cm³/mol. The Morgan fingerprint density at radius 2 is 1.93 bits per heavy atom. The number of nitrogens with one attached hydrogen (secondary N) is 1. The third-order valence-corrected chi connectivity index (χ3v) is 5.18. The molecule has 0 radical (unpaired) electrons. The van der Waals surface area contributed by atoms with Crippen LogP contribution in [0, 0.1) is 11.3 Å². The first-order chi connectivity index (χ1) is 12.7. The normalized spacial score (nSPS) is 24.1. The Morgan fingerprint density at radius 3 is 2.56 bits per heavy atom. The van der Waals surface area contributed by atoms with Crippen LogP contribution >= 0.6 is 0 Å². The first kappa shape index (κ1) is 19.5. The number of amides is 1. The lowest BCUT2D eigenvalue weighted by molar-refractivity contribution is -0.274. The van der Waals surface area contributed by atoms with E-state index in [0.29, 0.717) is 38.0 Å². The summed E-state index contributed by atoms with van der Waals surface area (Å²) in [5.41, 5.74) is -0.732. The highest BCUT2D eigenvalue weighted by atomic mass is 19.4. The Kier molecular flexibility index (Phi) is 5.32. The number of carboxylic acid groups (broad SMARTS) is 1. The minimum atomic E-state index is -4.81. The number of carbonyl (C=O) groups is 2. The number of aliphatic carboxylic acids is 1. The van der Waals surface area contributed by atoms with Crippen molar-refractivity contribution in [2.45, 2.75) is 31.5 Å². The molecule has 0 spiro atoms. The van der Waals surface area contributed by atoms with E-state index in [1.54, 1.807) is 6.07 Å². The number of alkyl halides is 3. The molecule has 2 atom stereocenters. The minimum Gasteiger partial charge on any atom is -0.481 e. The van der Waals surface area contributed by atoms with Crippen molar-refractivity contribution in [1.29, 1.82) is 0 Å². The first-order valence-electron chi connectivity index (χ1n) is 8.65. The summed E-state index contributed by atoms with van der Waals surface area (Å²) in [6, 6.07) is 5.75. The minimum absolute atomic E-state index is 0.0194. The van der Waals surface area contributed by atoms with Crippen LogP contribution in [0.15, 0.2) is 24.3 Å². The zero-order valence-corrected chi connectivity index (χ0v) is 14.4. The molecule has 148 valence electrons. The van der Waals surface area contributed by atoms with Crippen LogP contribution in [0.4, 0.5) is 13.2 Å². The van der Waals surface area contributed by atoms with Crippen molar-refractivity contribution in [3.05, 3.63) is 29.8 Å². The predicted octanol–water partition coefficient (Wildman–Crippen LogP) is 2.69. The van der Waals surface area contributed by atoms with E-state index in [0.717, 1.165) is 0 Å². The Hall–Kier alpha value is -2.29. The van der Waals surface area contributed by atoms with Crippen molar-refractivity contribution in [1.82, 2.24) is 5.32 Å². The number of benzene rings is 1. The fourth-order valence-electron chi connectivity index (χ4n) is 3.45. The molecule has 1 aromatic rings. The second kappa shape index (κ2) is 7.38. The van der Waals surface area contributed by atoms with Gasteiger partial charge in [0.15, 0.2) is 0 Å². The molecule has 6 nitrogen and oxygen atoms in total. The van der Waals surface area contributed by atoms with Gasteiger partial charge in [-0.25, -0.2) is 0 Å². The maximum absolute atomic E-state index is 12.5. The van der Waals surface area contributed by atoms with E-state index in [-0.39, 0.29) is 24.1 Å². The van der Waals surface area contributed by atoms with Crippen molar-refractivity contribution in [3.63, 3.8) is 0 Å². The number of hydrogen-bond donors (Lipinski definition) is 2. The molecule has 1 aliphatic carbocycles. The fraction of sp³-hybridized carbons (Fsp3) is 0.556. The van der Waals surface area contributed by atoms with Gasteiger partial charge in [0.2, 0.25) is 5.91 Å². The SMILES string of the molecule is O=C(NCC1(C(=O)O)CCOCC1)C1CC1c1ccccc1OC(F)(F)F. The molecule has 2 fully saturated rings. The molecule has 2 unspecified atom stereocenters. The number of carboxylic acids is 1. The van der Waals surface area contributed by atoms with Crippen molar-refractivity contribution in [3.8, 4) is 5.75 Å². The standard InChI is InChI=1S/C18H20F3NO5/c19-18(20,21)27-14-4-2-1-3-11(14)12-9-13(12)15(23)22-10-17(16(24)25)5-7-26-8-6-17/h1-4,12-13H,5-10H2,(H,22,23)(H,24,25). The average Bonchev–Trinajstić information content (AvgIpc) is 3.40. The molecule has 1 heterocycles. The number of hydrogen-bond acceptors (Lipinski definition) is 4. The molecule has 0 aromatic heterocycles. The Labute approximate surface area is 153 Å². The lowest BCUT2D eigenvalue weighted by atomic mass is 9.80. The summed E-state index contributed by atoms with van der Waals surface area (Å²) in [7, 11) is 0. The van der Waals surface area contributed by atoms with Crippen LogP contribution in [-0.2, 0) is 14.3 Å². The van der Waals surface area contributed by atoms with Gasteiger partial charge >= 0.3 is 12.3 Å². The van der Waals surface area contributed by atoms with Crippen LogP contribution in [0.1, 0.15) is 30.7 Å². The first-order valence-corrected chi connectivity index (χ1v) is 8.65. The molecule has 9 heteroatoms. The molecule has 1 amide bonds. The average molecular weight is 387 g/mol. The Bertz CT molecular complexity index is 715. The van der Waals surface area contributed by atoms with Crippen LogP contribution < -0.4 is 10.1 Å². The summed E-state index contributed by atoms with van der Waals surface area (Å²) < 4.78 is 46.8. The summed E-state index contributed by atoms with van der Waals surface area (Å²) in [6.45, 7) is 0.612. The number of ether oxygens (including phenoxy) is 2. The van der Waals surface area contributed by atoms with E-state index < -0.39 is 23.7 Å². The zero-order chi connectivity index (χ0) is 19.7. The van der Waals surface area contributed by atoms with Gasteiger partial charge in [-0.15, -0.1) is 13.2 Å². The number of para-hydroxylation sites is 1. The van der Waals surface area contributed by atoms with Gasteiger partial charge in [0, 0.05) is 25.7 Å². The second-order valence-corrected chi connectivity index (χ2v) is 6.95. The van der Waals surface area contributed by atoms with Gasteiger partial charge in [-0.3, -0.25) is 9.59 Å². The molecule has 27 heavy (non-hydrogen) atoms. The molecule has 1 aliphatic heterocycles. The van der Waals surface area contributed by atoms with Crippen LogP contribution in [-0.4, -0.2) is 43.1 Å². The maximum Gasteiger partial charge on any atom is 0.573 e. The van der Waals surface area contributed by atoms with Gasteiger partial charge < -0.3 is 19.9 Å². The number of halogens is 3. The smallest absolute Gasteiger partial charge is 0.481 e. The third-order valence-electron chi connectivity index (χ3n) is 5.18. The molecular weight excluding hydrogens is 367 g/mol. The molecular formula is C18H20F3NO5. The fourth-order valence-corrected chi connectivity index (χ4v) is 3.45. The van der Waals surface area contributed by atoms with E-state index in [9.17, 15) is 27.9 Å². The largest absolute Gasteiger partial charge is 0.573 e. The van der Waals surface area contributed by atoms with Crippen molar-refractivity contribution in [2.75, 3.05) is 19.8 Å². The highest BCUT2D eigenvalue weighted by molar-refractivity contribution is 5.84. The van der Waals surface area contributed by atoms with E-state index in [2.05, 4.69) is 10.1 Å². The summed E-state index contributed by atoms with van der Waals surface area (Å²) in [5.74, 6) is -2.51. The Morgan fingerprint density at radius 1 is 1.26 bits per heavy atom. The van der Waals surface area contributed by atoms with Crippen LogP contribution in [0.5, 0.6) is 5.75 Å². The summed E-state index contributed by atoms with van der Waals surface area (Å²) in [6.07, 6.45) is -3.80. The summed E-state index contributed by atoms with van der Waals surface area (Å²) in [4.78, 5) is 24.0. The van der Waals surface area contributed by atoms with Crippen molar-refractivity contribution in [2.24, 2.45) is 11.3 Å². The topological polar surface area (TPSA) is 84.9 Å². The highest BCUT2D eigenvalue weighted by Crippen LogP contribution is 2.51. The lowest BCUT2D eigenvalue weighted by Gasteiger charge is -2.33. The van der Waals surface area contributed by atoms with Gasteiger partial charge in [0.05, 0.1) is 5.41 Å². The van der Waals surface area contributed by atoms with Gasteiger partial charge in [0.25, 0.3) is 0 Å². The second-order valence-electron chi connectivity index (χ2n) is 6.95. The third kappa shape index (κ3) is 4.52. The molecule has 1 saturated carbocycles. The van der Waals surface area contributed by atoms with Crippen LogP contribution in [0.3, 0.4) is 0 Å². The van der Waals surface area contributed by atoms with Gasteiger partial charge in [0.1, 0.15) is 5.75 Å². The van der Waals surface area contributed by atoms with Crippen molar-refractivity contribution >= 4 is 11.9 Å². The quantitative estimate of drug-likeness (QED) is 0.784. The van der Waals surface area contributed by atoms with Gasteiger partial charge in [-0.2, -0.15) is 0 Å². The van der Waals surface area contributed by atoms with Gasteiger partial charge in [-0.05, 0) is 36.8 Å². The van der Waals surface area contributed by atoms with Crippen LogP contribution in [0.25, 0.3) is 0 Å². The molecule has 1 aromatic carbocycles. The molecule has 3 rings (SSSR count). The zero-order valence-electron chi connectivity index (χ0n) is 14.4. The summed E-state index contributed by atoms with van der Waals surface area (Å²) in [5, 5.41) is 12.2. The molecule has 2 N–H and O–H groups in total.